The van der Waals surface area contributed by atoms with Crippen molar-refractivity contribution in [1.82, 2.24) is 9.13 Å². The van der Waals surface area contributed by atoms with Crippen LogP contribution in [0.3, 0.4) is 0 Å². The third-order valence-corrected chi connectivity index (χ3v) is 4.85. The second-order valence-corrected chi connectivity index (χ2v) is 6.09. The van der Waals surface area contributed by atoms with Crippen molar-refractivity contribution in [1.29, 1.82) is 0 Å². The van der Waals surface area contributed by atoms with Crippen molar-refractivity contribution in [2.24, 2.45) is 14.1 Å². The molecular weight excluding hydrogens is 268 g/mol. The average Bonchev–Trinajstić information content (AvgIpc) is 3.11. The van der Waals surface area contributed by atoms with Gasteiger partial charge < -0.3 is 9.13 Å². The molecule has 0 aliphatic rings. The van der Waals surface area contributed by atoms with Gasteiger partial charge in [-0.3, -0.25) is 0 Å². The minimum atomic E-state index is 1.30. The summed E-state index contributed by atoms with van der Waals surface area (Å²) in [6.45, 7) is 0. The van der Waals surface area contributed by atoms with Crippen LogP contribution in [0.5, 0.6) is 0 Å². The SMILES string of the molecule is Cn1ccc2c3c4ccccc4ccc3c3c(ccn3C)c21. The maximum Gasteiger partial charge on any atom is 0.0579 e. The molecule has 0 amide bonds. The zero-order valence-electron chi connectivity index (χ0n) is 12.7. The monoisotopic (exact) mass is 284 g/mol. The molecule has 0 radical (unpaired) electrons. The van der Waals surface area contributed by atoms with Crippen LogP contribution in [0.25, 0.3) is 43.4 Å². The van der Waals surface area contributed by atoms with E-state index in [4.69, 9.17) is 0 Å². The van der Waals surface area contributed by atoms with E-state index >= 15 is 0 Å². The lowest BCUT2D eigenvalue weighted by molar-refractivity contribution is 0.968. The lowest BCUT2D eigenvalue weighted by Crippen LogP contribution is -1.90. The average molecular weight is 284 g/mol. The van der Waals surface area contributed by atoms with E-state index in [9.17, 15) is 0 Å². The van der Waals surface area contributed by atoms with Gasteiger partial charge in [0.1, 0.15) is 0 Å². The molecule has 5 aromatic rings. The first-order valence-corrected chi connectivity index (χ1v) is 7.59. The molecule has 2 heteroatoms. The highest BCUT2D eigenvalue weighted by Crippen LogP contribution is 2.39. The van der Waals surface area contributed by atoms with Crippen LogP contribution >= 0.6 is 0 Å². The van der Waals surface area contributed by atoms with E-state index < -0.39 is 0 Å². The normalized spacial score (nSPS) is 12.1. The van der Waals surface area contributed by atoms with E-state index in [1.165, 1.54) is 43.4 Å². The van der Waals surface area contributed by atoms with Gasteiger partial charge >= 0.3 is 0 Å². The summed E-state index contributed by atoms with van der Waals surface area (Å²) in [6.07, 6.45) is 4.32. The zero-order chi connectivity index (χ0) is 14.8. The van der Waals surface area contributed by atoms with Crippen molar-refractivity contribution in [2.45, 2.75) is 0 Å². The number of fused-ring (bicyclic) bond motifs is 8. The van der Waals surface area contributed by atoms with Crippen molar-refractivity contribution in [3.05, 3.63) is 60.9 Å². The van der Waals surface area contributed by atoms with Crippen molar-refractivity contribution >= 4 is 43.4 Å². The Kier molecular flexibility index (Phi) is 2.11. The van der Waals surface area contributed by atoms with E-state index in [2.05, 4.69) is 84.2 Å². The van der Waals surface area contributed by atoms with Crippen LogP contribution in [0, 0.1) is 0 Å². The number of aryl methyl sites for hydroxylation is 2. The Bertz CT molecular complexity index is 1190. The summed E-state index contributed by atoms with van der Waals surface area (Å²) in [5.74, 6) is 0. The number of hydrogen-bond donors (Lipinski definition) is 0. The highest BCUT2D eigenvalue weighted by Gasteiger charge is 2.14. The Morgan fingerprint density at radius 1 is 0.591 bits per heavy atom. The van der Waals surface area contributed by atoms with Crippen LogP contribution in [0.2, 0.25) is 0 Å². The van der Waals surface area contributed by atoms with Crippen LogP contribution in [-0.4, -0.2) is 9.13 Å². The fourth-order valence-corrected chi connectivity index (χ4v) is 3.88. The van der Waals surface area contributed by atoms with Gasteiger partial charge in [0, 0.05) is 48.0 Å². The first-order chi connectivity index (χ1) is 10.8. The number of hydrogen-bond acceptors (Lipinski definition) is 0. The predicted molar refractivity (Wildman–Crippen MR) is 94.4 cm³/mol. The van der Waals surface area contributed by atoms with E-state index in [0.29, 0.717) is 0 Å². The molecule has 0 unspecified atom stereocenters. The molecule has 0 N–H and O–H groups in total. The molecule has 2 aromatic heterocycles. The summed E-state index contributed by atoms with van der Waals surface area (Å²) in [5, 5.41) is 8.00. The number of benzene rings is 3. The maximum absolute atomic E-state index is 2.27. The summed E-state index contributed by atoms with van der Waals surface area (Å²) < 4.78 is 4.47. The molecule has 0 atom stereocenters. The Labute approximate surface area is 128 Å². The van der Waals surface area contributed by atoms with Crippen molar-refractivity contribution in [2.75, 3.05) is 0 Å². The van der Waals surface area contributed by atoms with Gasteiger partial charge in [-0.1, -0.05) is 36.4 Å². The number of aromatic nitrogens is 2. The standard InChI is InChI=1S/C20H16N2/c1-21-11-9-16-18-14-6-4-3-5-13(14)7-8-15(18)19-17(20(16)21)10-12-22(19)2/h3-12H,1-2H3. The third-order valence-electron chi connectivity index (χ3n) is 4.85. The van der Waals surface area contributed by atoms with Gasteiger partial charge in [0.2, 0.25) is 0 Å². The summed E-state index contributed by atoms with van der Waals surface area (Å²) in [5.41, 5.74) is 2.63. The first-order valence-electron chi connectivity index (χ1n) is 7.59. The van der Waals surface area contributed by atoms with Crippen LogP contribution in [-0.2, 0) is 14.1 Å². The Hall–Kier alpha value is -2.74. The summed E-state index contributed by atoms with van der Waals surface area (Å²) in [4.78, 5) is 0. The van der Waals surface area contributed by atoms with Crippen molar-refractivity contribution < 1.29 is 0 Å². The van der Waals surface area contributed by atoms with Crippen LogP contribution in [0.4, 0.5) is 0 Å². The lowest BCUT2D eigenvalue weighted by Gasteiger charge is -2.10. The predicted octanol–water partition coefficient (Wildman–Crippen LogP) is 4.98. The topological polar surface area (TPSA) is 9.86 Å². The zero-order valence-corrected chi connectivity index (χ0v) is 12.7. The molecule has 0 aliphatic carbocycles. The van der Waals surface area contributed by atoms with Gasteiger partial charge in [-0.15, -0.1) is 0 Å². The fourth-order valence-electron chi connectivity index (χ4n) is 3.88. The molecule has 5 rings (SSSR count). The fraction of sp³-hybridized carbons (Fsp3) is 0.100. The molecule has 0 fully saturated rings. The molecule has 106 valence electrons. The second-order valence-electron chi connectivity index (χ2n) is 6.09. The van der Waals surface area contributed by atoms with E-state index in [-0.39, 0.29) is 0 Å². The molecule has 3 aromatic carbocycles. The molecular formula is C20H16N2. The molecule has 0 bridgehead atoms. The van der Waals surface area contributed by atoms with E-state index in [1.54, 1.807) is 0 Å². The Balaban J connectivity index is 2.26. The summed E-state index contributed by atoms with van der Waals surface area (Å²) >= 11 is 0. The van der Waals surface area contributed by atoms with Gasteiger partial charge in [0.05, 0.1) is 11.0 Å². The minimum absolute atomic E-state index is 1.30. The molecule has 0 aliphatic heterocycles. The van der Waals surface area contributed by atoms with E-state index in [0.717, 1.165) is 0 Å². The molecule has 22 heavy (non-hydrogen) atoms. The quantitative estimate of drug-likeness (QED) is 0.355. The minimum Gasteiger partial charge on any atom is -0.350 e. The van der Waals surface area contributed by atoms with Gasteiger partial charge in [0.25, 0.3) is 0 Å². The van der Waals surface area contributed by atoms with Crippen molar-refractivity contribution in [3.8, 4) is 0 Å². The second kappa shape index (κ2) is 3.92. The Morgan fingerprint density at radius 3 is 2.00 bits per heavy atom. The van der Waals surface area contributed by atoms with Gasteiger partial charge in [-0.2, -0.15) is 0 Å². The highest BCUT2D eigenvalue weighted by atomic mass is 14.9. The molecule has 0 saturated carbocycles. The maximum atomic E-state index is 2.27. The molecule has 0 spiro atoms. The van der Waals surface area contributed by atoms with E-state index in [1.807, 2.05) is 0 Å². The largest absolute Gasteiger partial charge is 0.350 e. The van der Waals surface area contributed by atoms with Crippen LogP contribution in [0.15, 0.2) is 60.9 Å². The van der Waals surface area contributed by atoms with Crippen molar-refractivity contribution in [3.63, 3.8) is 0 Å². The lowest BCUT2D eigenvalue weighted by atomic mass is 9.97. The smallest absolute Gasteiger partial charge is 0.0579 e. The number of nitrogens with zero attached hydrogens (tertiary/aromatic N) is 2. The van der Waals surface area contributed by atoms with Crippen LogP contribution in [0.1, 0.15) is 0 Å². The molecule has 0 saturated heterocycles. The summed E-state index contributed by atoms with van der Waals surface area (Å²) in [6, 6.07) is 17.6. The Morgan fingerprint density at radius 2 is 1.23 bits per heavy atom. The van der Waals surface area contributed by atoms with Gasteiger partial charge in [-0.05, 0) is 22.9 Å². The van der Waals surface area contributed by atoms with Crippen LogP contribution < -0.4 is 0 Å². The number of rotatable bonds is 0. The first kappa shape index (κ1) is 11.9. The summed E-state index contributed by atoms with van der Waals surface area (Å²) in [7, 11) is 4.26. The molecule has 2 nitrogen and oxygen atoms in total. The molecule has 2 heterocycles. The van der Waals surface area contributed by atoms with Gasteiger partial charge in [0.15, 0.2) is 0 Å². The third kappa shape index (κ3) is 1.30. The highest BCUT2D eigenvalue weighted by molar-refractivity contribution is 6.30. The van der Waals surface area contributed by atoms with Gasteiger partial charge in [-0.25, -0.2) is 0 Å².